The van der Waals surface area contributed by atoms with Gasteiger partial charge < -0.3 is 15.5 Å². The summed E-state index contributed by atoms with van der Waals surface area (Å²) in [4.78, 5) is 34.8. The number of carbonyl (C=O) groups excluding carboxylic acids is 1. The number of allylic oxidation sites excluding steroid dienone is 1. The molecule has 0 bridgehead atoms. The van der Waals surface area contributed by atoms with Gasteiger partial charge in [0.2, 0.25) is 5.91 Å². The molecular formula is C46H61N5O4. The molecule has 4 unspecified atom stereocenters. The molecule has 2 aromatic heterocycles. The summed E-state index contributed by atoms with van der Waals surface area (Å²) >= 11 is 0. The topological polar surface area (TPSA) is 141 Å². The van der Waals surface area contributed by atoms with Crippen LogP contribution < -0.4 is 5.32 Å². The average molecular weight is 748 g/mol. The van der Waals surface area contributed by atoms with Gasteiger partial charge in [-0.15, -0.1) is 0 Å². The monoisotopic (exact) mass is 747 g/mol. The van der Waals surface area contributed by atoms with E-state index in [1.165, 1.54) is 43.5 Å². The molecule has 10 atom stereocenters. The molecule has 5 aliphatic carbocycles. The fourth-order valence-electron chi connectivity index (χ4n) is 14.1. The number of hydrogen-bond donors (Lipinski definition) is 4. The number of carbonyl (C=O) groups is 2. The number of hydrogen-bond acceptors (Lipinski definition) is 6. The van der Waals surface area contributed by atoms with Gasteiger partial charge in [-0.1, -0.05) is 65.0 Å². The molecule has 5 saturated carbocycles. The molecule has 1 amide bonds. The van der Waals surface area contributed by atoms with Crippen LogP contribution in [0.4, 0.5) is 0 Å². The van der Waals surface area contributed by atoms with Crippen molar-refractivity contribution in [1.82, 2.24) is 25.5 Å². The summed E-state index contributed by atoms with van der Waals surface area (Å²) in [5, 5.41) is 31.1. The number of rotatable bonds is 8. The second-order valence-electron chi connectivity index (χ2n) is 19.7. The highest BCUT2D eigenvalue weighted by molar-refractivity contribution is 5.87. The molecule has 4 N–H and O–H groups in total. The van der Waals surface area contributed by atoms with Gasteiger partial charge in [0.1, 0.15) is 5.69 Å². The number of carboxylic acids is 1. The molecule has 5 aliphatic rings. The summed E-state index contributed by atoms with van der Waals surface area (Å²) in [5.74, 6) is 2.58. The van der Waals surface area contributed by atoms with Crippen molar-refractivity contribution in [2.45, 2.75) is 118 Å². The SMILES string of the molecule is C=C(C)[C@@H]1CC[C@]2(C(=O)NCCc3cccc(-c4n[nH]c(-c5ccc(C(=O)O)cn5)n4)c3)CC[C@]3(C)C(CCC4[C@@]5(C)CC[C@H](O)C(C)(C)C5CC[C@]43C)C12. The van der Waals surface area contributed by atoms with Crippen molar-refractivity contribution >= 4 is 11.9 Å². The lowest BCUT2D eigenvalue weighted by Crippen LogP contribution is -2.67. The highest BCUT2D eigenvalue weighted by Crippen LogP contribution is 2.77. The molecule has 0 aliphatic heterocycles. The zero-order valence-corrected chi connectivity index (χ0v) is 33.8. The third-order valence-electron chi connectivity index (χ3n) is 17.1. The van der Waals surface area contributed by atoms with Gasteiger partial charge in [-0.3, -0.25) is 14.9 Å². The van der Waals surface area contributed by atoms with E-state index in [1.807, 2.05) is 12.1 Å². The van der Waals surface area contributed by atoms with E-state index in [4.69, 9.17) is 0 Å². The molecule has 0 radical (unpaired) electrons. The van der Waals surface area contributed by atoms with Gasteiger partial charge in [-0.2, -0.15) is 5.10 Å². The number of aliphatic hydroxyl groups is 1. The number of nitrogens with one attached hydrogen (secondary N) is 2. The lowest BCUT2D eigenvalue weighted by molar-refractivity contribution is -0.246. The third-order valence-corrected chi connectivity index (χ3v) is 17.1. The van der Waals surface area contributed by atoms with Crippen molar-refractivity contribution in [2.24, 2.45) is 56.7 Å². The van der Waals surface area contributed by atoms with E-state index < -0.39 is 5.97 Å². The van der Waals surface area contributed by atoms with Gasteiger partial charge in [0.15, 0.2) is 11.6 Å². The Balaban J connectivity index is 0.982. The van der Waals surface area contributed by atoms with Crippen molar-refractivity contribution in [2.75, 3.05) is 6.54 Å². The molecule has 9 nitrogen and oxygen atoms in total. The minimum atomic E-state index is -1.03. The molecule has 0 saturated heterocycles. The van der Waals surface area contributed by atoms with E-state index in [2.05, 4.69) is 85.7 Å². The summed E-state index contributed by atoms with van der Waals surface area (Å²) in [5.41, 5.74) is 4.02. The first-order chi connectivity index (χ1) is 26.0. The molecule has 294 valence electrons. The third kappa shape index (κ3) is 5.75. The van der Waals surface area contributed by atoms with Crippen LogP contribution in [0.25, 0.3) is 22.9 Å². The zero-order chi connectivity index (χ0) is 39.1. The van der Waals surface area contributed by atoms with E-state index >= 15 is 0 Å². The van der Waals surface area contributed by atoms with Crippen molar-refractivity contribution in [3.8, 4) is 22.9 Å². The Bertz CT molecular complexity index is 1990. The van der Waals surface area contributed by atoms with Crippen LogP contribution in [0, 0.1) is 56.7 Å². The van der Waals surface area contributed by atoms with Crippen LogP contribution in [0.1, 0.15) is 122 Å². The normalized spacial score (nSPS) is 37.5. The summed E-state index contributed by atoms with van der Waals surface area (Å²) in [6.45, 7) is 19.8. The molecular weight excluding hydrogens is 687 g/mol. The number of aliphatic hydroxyl groups excluding tert-OH is 1. The second kappa shape index (κ2) is 13.4. The molecule has 3 aromatic rings. The maximum Gasteiger partial charge on any atom is 0.337 e. The number of aromatic carboxylic acids is 1. The lowest BCUT2D eigenvalue weighted by atomic mass is 9.32. The van der Waals surface area contributed by atoms with Crippen LogP contribution in [-0.4, -0.2) is 54.9 Å². The number of aromatic nitrogens is 4. The maximum absolute atomic E-state index is 14.7. The van der Waals surface area contributed by atoms with E-state index in [1.54, 1.807) is 6.07 Å². The predicted molar refractivity (Wildman–Crippen MR) is 214 cm³/mol. The largest absolute Gasteiger partial charge is 0.478 e. The van der Waals surface area contributed by atoms with Crippen molar-refractivity contribution < 1.29 is 19.8 Å². The van der Waals surface area contributed by atoms with Crippen LogP contribution in [0.5, 0.6) is 0 Å². The molecule has 1 aromatic carbocycles. The summed E-state index contributed by atoms with van der Waals surface area (Å²) in [6.07, 6.45) is 12.7. The van der Waals surface area contributed by atoms with Gasteiger partial charge in [0.25, 0.3) is 0 Å². The molecule has 55 heavy (non-hydrogen) atoms. The number of fused-ring (bicyclic) bond motifs is 7. The van der Waals surface area contributed by atoms with E-state index in [-0.39, 0.29) is 44.6 Å². The maximum atomic E-state index is 14.7. The summed E-state index contributed by atoms with van der Waals surface area (Å²) < 4.78 is 0. The fourth-order valence-corrected chi connectivity index (χ4v) is 14.1. The number of pyridine rings is 1. The molecule has 5 fully saturated rings. The summed E-state index contributed by atoms with van der Waals surface area (Å²) in [7, 11) is 0. The first-order valence-electron chi connectivity index (χ1n) is 20.9. The van der Waals surface area contributed by atoms with E-state index in [0.29, 0.717) is 59.9 Å². The van der Waals surface area contributed by atoms with Crippen LogP contribution in [0.3, 0.4) is 0 Å². The van der Waals surface area contributed by atoms with Crippen LogP contribution in [-0.2, 0) is 11.2 Å². The number of amides is 1. The van der Waals surface area contributed by atoms with E-state index in [0.717, 1.165) is 49.7 Å². The Labute approximate surface area is 326 Å². The van der Waals surface area contributed by atoms with Crippen molar-refractivity contribution in [1.29, 1.82) is 0 Å². The van der Waals surface area contributed by atoms with Crippen LogP contribution >= 0.6 is 0 Å². The van der Waals surface area contributed by atoms with Crippen LogP contribution in [0.2, 0.25) is 0 Å². The van der Waals surface area contributed by atoms with Crippen LogP contribution in [0.15, 0.2) is 54.7 Å². The highest BCUT2D eigenvalue weighted by Gasteiger charge is 2.71. The van der Waals surface area contributed by atoms with E-state index in [9.17, 15) is 19.8 Å². The first-order valence-corrected chi connectivity index (χ1v) is 20.9. The highest BCUT2D eigenvalue weighted by atomic mass is 16.4. The number of nitrogens with zero attached hydrogens (tertiary/aromatic N) is 3. The minimum absolute atomic E-state index is 0.0554. The molecule has 8 rings (SSSR count). The number of benzene rings is 1. The standard InChI is InChI=1S/C46H61N5O4/c1-27(2)31-15-21-46(23-22-44(6)32(37(31)46)12-14-35-43(5)19-17-36(52)42(3,4)34(43)16-20-45(35,44)7)41(55)47-24-18-28-9-8-10-29(25-28)38-49-39(51-50-38)33-13-11-30(26-48-33)40(53)54/h8-11,13,25-26,31-32,34-37,52H,1,12,14-24H2,2-7H3,(H,47,55)(H,53,54)(H,49,50,51)/t31-,32?,34?,35?,36-,37?,43-,44+,45+,46-/m0/s1. The average Bonchev–Trinajstić information content (AvgIpc) is 3.81. The Kier molecular flexibility index (Phi) is 9.26. The Morgan fingerprint density at radius 2 is 1.73 bits per heavy atom. The Hall–Kier alpha value is -3.85. The van der Waals surface area contributed by atoms with Crippen molar-refractivity contribution in [3.63, 3.8) is 0 Å². The number of carboxylic acid groups (broad SMARTS) is 1. The lowest BCUT2D eigenvalue weighted by Gasteiger charge is -2.72. The Morgan fingerprint density at radius 1 is 0.927 bits per heavy atom. The van der Waals surface area contributed by atoms with Gasteiger partial charge >= 0.3 is 5.97 Å². The predicted octanol–water partition coefficient (Wildman–Crippen LogP) is 8.91. The fraction of sp³-hybridized carbons (Fsp3) is 0.630. The van der Waals surface area contributed by atoms with Gasteiger partial charge in [0.05, 0.1) is 17.1 Å². The smallest absolute Gasteiger partial charge is 0.337 e. The summed E-state index contributed by atoms with van der Waals surface area (Å²) in [6, 6.07) is 11.2. The van der Waals surface area contributed by atoms with Gasteiger partial charge in [-0.25, -0.2) is 9.78 Å². The van der Waals surface area contributed by atoms with Gasteiger partial charge in [-0.05, 0) is 153 Å². The quantitative estimate of drug-likeness (QED) is 0.169. The second-order valence-corrected chi connectivity index (χ2v) is 19.7. The number of aromatic amines is 1. The zero-order valence-electron chi connectivity index (χ0n) is 33.8. The minimum Gasteiger partial charge on any atom is -0.478 e. The molecule has 0 spiro atoms. The molecule has 2 heterocycles. The van der Waals surface area contributed by atoms with Gasteiger partial charge in [0, 0.05) is 18.3 Å². The Morgan fingerprint density at radius 3 is 2.45 bits per heavy atom. The molecule has 9 heteroatoms. The number of H-pyrrole nitrogens is 1. The van der Waals surface area contributed by atoms with Crippen molar-refractivity contribution in [3.05, 3.63) is 65.9 Å². The first kappa shape index (κ1) is 38.0.